The van der Waals surface area contributed by atoms with E-state index in [0.29, 0.717) is 5.95 Å². The van der Waals surface area contributed by atoms with Crippen molar-refractivity contribution in [3.8, 4) is 22.4 Å². The van der Waals surface area contributed by atoms with Gasteiger partial charge in [0.25, 0.3) is 0 Å². The summed E-state index contributed by atoms with van der Waals surface area (Å²) in [7, 11) is 0. The topological polar surface area (TPSA) is 79.4 Å². The summed E-state index contributed by atoms with van der Waals surface area (Å²) in [5.74, 6) is 0.550. The number of imidazole rings is 1. The molecular formula is C22H16N6. The van der Waals surface area contributed by atoms with Crippen LogP contribution in [-0.4, -0.2) is 24.9 Å². The molecule has 0 unspecified atom stereocenters. The zero-order valence-electron chi connectivity index (χ0n) is 14.9. The molecule has 0 aliphatic carbocycles. The van der Waals surface area contributed by atoms with Gasteiger partial charge in [-0.1, -0.05) is 18.2 Å². The Morgan fingerprint density at radius 3 is 2.61 bits per heavy atom. The predicted octanol–water partition coefficient (Wildman–Crippen LogP) is 4.83. The maximum atomic E-state index is 4.67. The lowest BCUT2D eigenvalue weighted by molar-refractivity contribution is 1.17. The largest absolute Gasteiger partial charge is 0.345 e. The highest BCUT2D eigenvalue weighted by atomic mass is 15.1. The van der Waals surface area contributed by atoms with Crippen LogP contribution in [0.4, 0.5) is 11.6 Å². The molecule has 5 aromatic rings. The highest BCUT2D eigenvalue weighted by Gasteiger charge is 2.06. The van der Waals surface area contributed by atoms with E-state index < -0.39 is 0 Å². The van der Waals surface area contributed by atoms with E-state index in [1.807, 2.05) is 48.5 Å². The monoisotopic (exact) mass is 364 g/mol. The number of nitrogens with zero attached hydrogens (tertiary/aromatic N) is 4. The molecule has 0 aliphatic rings. The quantitative estimate of drug-likeness (QED) is 0.478. The van der Waals surface area contributed by atoms with Crippen LogP contribution < -0.4 is 5.32 Å². The Bertz CT molecular complexity index is 1250. The van der Waals surface area contributed by atoms with Gasteiger partial charge in [0.05, 0.1) is 23.1 Å². The van der Waals surface area contributed by atoms with Gasteiger partial charge in [-0.05, 0) is 53.6 Å². The highest BCUT2D eigenvalue weighted by molar-refractivity contribution is 5.80. The first-order chi connectivity index (χ1) is 13.8. The molecule has 6 heteroatoms. The predicted molar refractivity (Wildman–Crippen MR) is 110 cm³/mol. The standard InChI is InChI=1S/C22H16N6/c1-2-16(15-6-9-23-10-7-15)12-18(3-1)27-22-24-11-8-19(28-22)17-4-5-20-21(13-17)26-14-25-20/h1-14H,(H,25,26)(H,24,27,28). The van der Waals surface area contributed by atoms with Gasteiger partial charge >= 0.3 is 0 Å². The summed E-state index contributed by atoms with van der Waals surface area (Å²) in [4.78, 5) is 20.5. The maximum Gasteiger partial charge on any atom is 0.227 e. The van der Waals surface area contributed by atoms with E-state index in [0.717, 1.165) is 39.1 Å². The van der Waals surface area contributed by atoms with Gasteiger partial charge in [-0.25, -0.2) is 15.0 Å². The molecule has 0 saturated carbocycles. The number of rotatable bonds is 4. The summed E-state index contributed by atoms with van der Waals surface area (Å²) in [6.45, 7) is 0. The third-order valence-corrected chi connectivity index (χ3v) is 4.50. The average Bonchev–Trinajstić information content (AvgIpc) is 3.23. The summed E-state index contributed by atoms with van der Waals surface area (Å²) in [6, 6.07) is 20.1. The minimum absolute atomic E-state index is 0.550. The average molecular weight is 364 g/mol. The third-order valence-electron chi connectivity index (χ3n) is 4.50. The molecule has 0 spiro atoms. The zero-order chi connectivity index (χ0) is 18.8. The van der Waals surface area contributed by atoms with Crippen molar-refractivity contribution in [3.63, 3.8) is 0 Å². The molecule has 0 saturated heterocycles. The number of hydrogen-bond donors (Lipinski definition) is 2. The Labute approximate surface area is 161 Å². The summed E-state index contributed by atoms with van der Waals surface area (Å²) in [5.41, 5.74) is 6.91. The maximum absolute atomic E-state index is 4.67. The van der Waals surface area contributed by atoms with Crippen LogP contribution in [0.1, 0.15) is 0 Å². The fourth-order valence-electron chi connectivity index (χ4n) is 3.12. The van der Waals surface area contributed by atoms with Crippen LogP contribution in [-0.2, 0) is 0 Å². The van der Waals surface area contributed by atoms with Gasteiger partial charge in [0.2, 0.25) is 5.95 Å². The molecule has 0 fully saturated rings. The summed E-state index contributed by atoms with van der Waals surface area (Å²) >= 11 is 0. The third kappa shape index (κ3) is 3.19. The van der Waals surface area contributed by atoms with E-state index in [2.05, 4.69) is 42.4 Å². The van der Waals surface area contributed by atoms with E-state index in [4.69, 9.17) is 0 Å². The first kappa shape index (κ1) is 16.1. The van der Waals surface area contributed by atoms with Crippen LogP contribution in [0.3, 0.4) is 0 Å². The second-order valence-corrected chi connectivity index (χ2v) is 6.34. The molecule has 6 nitrogen and oxygen atoms in total. The first-order valence-electron chi connectivity index (χ1n) is 8.89. The number of aromatic amines is 1. The fraction of sp³-hybridized carbons (Fsp3) is 0. The van der Waals surface area contributed by atoms with Crippen molar-refractivity contribution < 1.29 is 0 Å². The van der Waals surface area contributed by atoms with Crippen molar-refractivity contribution in [1.29, 1.82) is 0 Å². The van der Waals surface area contributed by atoms with Crippen molar-refractivity contribution in [2.24, 2.45) is 0 Å². The molecule has 2 N–H and O–H groups in total. The molecule has 3 heterocycles. The van der Waals surface area contributed by atoms with Crippen LogP contribution in [0, 0.1) is 0 Å². The van der Waals surface area contributed by atoms with E-state index in [-0.39, 0.29) is 0 Å². The minimum Gasteiger partial charge on any atom is -0.345 e. The molecule has 134 valence electrons. The van der Waals surface area contributed by atoms with E-state index in [9.17, 15) is 0 Å². The molecule has 0 bridgehead atoms. The second-order valence-electron chi connectivity index (χ2n) is 6.34. The fourth-order valence-corrected chi connectivity index (χ4v) is 3.12. The van der Waals surface area contributed by atoms with Gasteiger partial charge in [0.15, 0.2) is 0 Å². The lowest BCUT2D eigenvalue weighted by Gasteiger charge is -2.09. The second kappa shape index (κ2) is 6.92. The lowest BCUT2D eigenvalue weighted by atomic mass is 10.1. The van der Waals surface area contributed by atoms with Crippen molar-refractivity contribution in [2.75, 3.05) is 5.32 Å². The smallest absolute Gasteiger partial charge is 0.227 e. The number of nitrogens with one attached hydrogen (secondary N) is 2. The summed E-state index contributed by atoms with van der Waals surface area (Å²) < 4.78 is 0. The molecular weight excluding hydrogens is 348 g/mol. The van der Waals surface area contributed by atoms with Gasteiger partial charge < -0.3 is 10.3 Å². The Kier molecular flexibility index (Phi) is 3.99. The Morgan fingerprint density at radius 2 is 1.68 bits per heavy atom. The van der Waals surface area contributed by atoms with Gasteiger partial charge in [-0.2, -0.15) is 0 Å². The molecule has 0 atom stereocenters. The van der Waals surface area contributed by atoms with Gasteiger partial charge in [-0.15, -0.1) is 0 Å². The zero-order valence-corrected chi connectivity index (χ0v) is 14.9. The Hall–Kier alpha value is -4.06. The SMILES string of the molecule is c1cc(Nc2nccc(-c3ccc4nc[nH]c4c3)n2)cc(-c2ccncc2)c1. The molecule has 2 aromatic carbocycles. The number of anilines is 2. The molecule has 5 rings (SSSR count). The number of hydrogen-bond acceptors (Lipinski definition) is 5. The number of H-pyrrole nitrogens is 1. The summed E-state index contributed by atoms with van der Waals surface area (Å²) in [6.07, 6.45) is 7.03. The van der Waals surface area contributed by atoms with Crippen LogP contribution in [0.5, 0.6) is 0 Å². The van der Waals surface area contributed by atoms with E-state index in [1.54, 1.807) is 24.9 Å². The molecule has 3 aromatic heterocycles. The number of aromatic nitrogens is 5. The molecule has 0 aliphatic heterocycles. The molecule has 0 radical (unpaired) electrons. The van der Waals surface area contributed by atoms with Crippen molar-refractivity contribution in [1.82, 2.24) is 24.9 Å². The minimum atomic E-state index is 0.550. The highest BCUT2D eigenvalue weighted by Crippen LogP contribution is 2.25. The van der Waals surface area contributed by atoms with E-state index in [1.165, 1.54) is 0 Å². The number of fused-ring (bicyclic) bond motifs is 1. The Morgan fingerprint density at radius 1 is 0.750 bits per heavy atom. The number of benzene rings is 2. The first-order valence-corrected chi connectivity index (χ1v) is 8.89. The van der Waals surface area contributed by atoms with Gasteiger partial charge in [-0.3, -0.25) is 4.98 Å². The van der Waals surface area contributed by atoms with Crippen molar-refractivity contribution >= 4 is 22.7 Å². The van der Waals surface area contributed by atoms with Crippen LogP contribution in [0.15, 0.2) is 85.6 Å². The van der Waals surface area contributed by atoms with Crippen LogP contribution >= 0.6 is 0 Å². The van der Waals surface area contributed by atoms with Crippen LogP contribution in [0.25, 0.3) is 33.4 Å². The number of pyridine rings is 1. The lowest BCUT2D eigenvalue weighted by Crippen LogP contribution is -1.98. The van der Waals surface area contributed by atoms with Crippen molar-refractivity contribution in [2.45, 2.75) is 0 Å². The van der Waals surface area contributed by atoms with Gasteiger partial charge in [0.1, 0.15) is 0 Å². The van der Waals surface area contributed by atoms with E-state index >= 15 is 0 Å². The Balaban J connectivity index is 1.44. The summed E-state index contributed by atoms with van der Waals surface area (Å²) in [5, 5.41) is 3.30. The van der Waals surface area contributed by atoms with Gasteiger partial charge in [0, 0.05) is 29.8 Å². The van der Waals surface area contributed by atoms with Crippen LogP contribution in [0.2, 0.25) is 0 Å². The van der Waals surface area contributed by atoms with Crippen molar-refractivity contribution in [3.05, 3.63) is 85.6 Å². The molecule has 28 heavy (non-hydrogen) atoms. The normalized spacial score (nSPS) is 10.9. The molecule has 0 amide bonds.